The van der Waals surface area contributed by atoms with Crippen LogP contribution in [0.4, 0.5) is 16.2 Å². The van der Waals surface area contributed by atoms with E-state index in [0.29, 0.717) is 29.9 Å². The molecule has 0 N–H and O–H groups in total. The van der Waals surface area contributed by atoms with Gasteiger partial charge in [0.05, 0.1) is 33.8 Å². The van der Waals surface area contributed by atoms with E-state index in [-0.39, 0.29) is 17.3 Å². The molecule has 1 saturated carbocycles. The summed E-state index contributed by atoms with van der Waals surface area (Å²) in [4.78, 5) is 27.3. The fourth-order valence-electron chi connectivity index (χ4n) is 3.44. The highest BCUT2D eigenvalue weighted by Gasteiger charge is 2.54. The number of nitro benzene ring substituents is 1. The van der Waals surface area contributed by atoms with Gasteiger partial charge in [0.15, 0.2) is 0 Å². The highest BCUT2D eigenvalue weighted by atomic mass is 79.9. The number of methoxy groups -OCH3 is 1. The van der Waals surface area contributed by atoms with Gasteiger partial charge in [-0.3, -0.25) is 15.0 Å². The number of carbonyl (C=O) groups excluding carboxylic acids is 1. The lowest BCUT2D eigenvalue weighted by Gasteiger charge is -2.43. The van der Waals surface area contributed by atoms with E-state index in [2.05, 4.69) is 20.8 Å². The molecule has 0 bridgehead atoms. The molecule has 0 unspecified atom stereocenters. The fourth-order valence-corrected chi connectivity index (χ4v) is 3.92. The average molecular weight is 442 g/mol. The van der Waals surface area contributed by atoms with E-state index < -0.39 is 10.5 Å². The first-order valence-corrected chi connectivity index (χ1v) is 9.63. The molecule has 1 saturated heterocycles. The van der Waals surface area contributed by atoms with Crippen LogP contribution in [-0.4, -0.2) is 53.8 Å². The van der Waals surface area contributed by atoms with Crippen LogP contribution in [0.3, 0.4) is 0 Å². The molecule has 1 aromatic carbocycles. The van der Waals surface area contributed by atoms with Crippen LogP contribution in [0.5, 0.6) is 5.75 Å². The third kappa shape index (κ3) is 3.97. The number of benzene rings is 1. The largest absolute Gasteiger partial charge is 0.494 e. The molecule has 1 aliphatic carbocycles. The smallest absolute Gasteiger partial charge is 0.410 e. The number of hydrogen-bond acceptors (Lipinski definition) is 6. The van der Waals surface area contributed by atoms with Gasteiger partial charge in [0, 0.05) is 19.6 Å². The summed E-state index contributed by atoms with van der Waals surface area (Å²) in [6, 6.07) is 3.15. The minimum absolute atomic E-state index is 0.0378. The lowest BCUT2D eigenvalue weighted by atomic mass is 10.1. The molecule has 1 heterocycles. The molecule has 27 heavy (non-hydrogen) atoms. The average Bonchev–Trinajstić information content (AvgIpc) is 3.31. The van der Waals surface area contributed by atoms with E-state index in [1.165, 1.54) is 13.2 Å². The van der Waals surface area contributed by atoms with Crippen molar-refractivity contribution in [3.05, 3.63) is 26.7 Å². The lowest BCUT2D eigenvalue weighted by molar-refractivity contribution is -0.385. The predicted molar refractivity (Wildman–Crippen MR) is 104 cm³/mol. The van der Waals surface area contributed by atoms with Gasteiger partial charge in [0.2, 0.25) is 0 Å². The maximum atomic E-state index is 12.6. The Morgan fingerprint density at radius 3 is 2.48 bits per heavy atom. The molecule has 3 rings (SSSR count). The molecule has 8 nitrogen and oxygen atoms in total. The van der Waals surface area contributed by atoms with Crippen LogP contribution in [0, 0.1) is 10.1 Å². The minimum atomic E-state index is -0.531. The second-order valence-corrected chi connectivity index (χ2v) is 8.86. The zero-order valence-electron chi connectivity index (χ0n) is 16.0. The number of hydrogen-bond donors (Lipinski definition) is 0. The summed E-state index contributed by atoms with van der Waals surface area (Å²) in [5, 5.41) is 11.2. The second-order valence-electron chi connectivity index (χ2n) is 8.01. The van der Waals surface area contributed by atoms with Gasteiger partial charge in [-0.1, -0.05) is 0 Å². The number of piperazine rings is 1. The van der Waals surface area contributed by atoms with E-state index in [9.17, 15) is 14.9 Å². The highest BCUT2D eigenvalue weighted by Crippen LogP contribution is 2.47. The predicted octanol–water partition coefficient (Wildman–Crippen LogP) is 3.96. The number of nitrogens with zero attached hydrogens (tertiary/aromatic N) is 3. The van der Waals surface area contributed by atoms with Gasteiger partial charge >= 0.3 is 6.09 Å². The maximum absolute atomic E-state index is 12.6. The number of amides is 1. The highest BCUT2D eigenvalue weighted by molar-refractivity contribution is 9.10. The summed E-state index contributed by atoms with van der Waals surface area (Å²) in [7, 11) is 1.50. The van der Waals surface area contributed by atoms with Crippen molar-refractivity contribution in [2.24, 2.45) is 0 Å². The van der Waals surface area contributed by atoms with Crippen molar-refractivity contribution in [2.45, 2.75) is 44.8 Å². The molecule has 9 heteroatoms. The van der Waals surface area contributed by atoms with Crippen molar-refractivity contribution >= 4 is 33.4 Å². The van der Waals surface area contributed by atoms with Crippen molar-refractivity contribution < 1.29 is 19.2 Å². The third-order valence-electron chi connectivity index (χ3n) is 4.88. The number of rotatable bonds is 3. The van der Waals surface area contributed by atoms with Crippen LogP contribution in [0.25, 0.3) is 0 Å². The minimum Gasteiger partial charge on any atom is -0.494 e. The third-order valence-corrected chi connectivity index (χ3v) is 5.51. The monoisotopic (exact) mass is 441 g/mol. The van der Waals surface area contributed by atoms with E-state index in [1.807, 2.05) is 25.7 Å². The van der Waals surface area contributed by atoms with Crippen LogP contribution in [0.15, 0.2) is 16.6 Å². The molecule has 1 aliphatic heterocycles. The standard InChI is InChI=1S/C18H24BrN3O5/c1-17(2,3)27-16(23)21-8-7-20(11-18(21)5-6-18)14-9-12(19)13(22(24)25)10-15(14)26-4/h9-10H,5-8,11H2,1-4H3. The van der Waals surface area contributed by atoms with Crippen LogP contribution in [-0.2, 0) is 4.74 Å². The zero-order chi connectivity index (χ0) is 20.0. The lowest BCUT2D eigenvalue weighted by Crippen LogP contribution is -2.58. The van der Waals surface area contributed by atoms with Crippen molar-refractivity contribution in [1.82, 2.24) is 4.90 Å². The quantitative estimate of drug-likeness (QED) is 0.521. The number of carbonyl (C=O) groups is 1. The summed E-state index contributed by atoms with van der Waals surface area (Å²) in [6.07, 6.45) is 1.55. The SMILES string of the molecule is COc1cc([N+](=O)[O-])c(Br)cc1N1CCN(C(=O)OC(C)(C)C)C2(CC2)C1. The Labute approximate surface area is 166 Å². The molecule has 2 fully saturated rings. The first kappa shape index (κ1) is 19.7. The Bertz CT molecular complexity index is 773. The number of ether oxygens (including phenoxy) is 2. The van der Waals surface area contributed by atoms with Crippen LogP contribution >= 0.6 is 15.9 Å². The van der Waals surface area contributed by atoms with E-state index in [0.717, 1.165) is 18.5 Å². The van der Waals surface area contributed by atoms with Gasteiger partial charge in [-0.25, -0.2) is 4.79 Å². The fraction of sp³-hybridized carbons (Fsp3) is 0.611. The zero-order valence-corrected chi connectivity index (χ0v) is 17.5. The second kappa shape index (κ2) is 6.85. The van der Waals surface area contributed by atoms with Gasteiger partial charge in [-0.05, 0) is 55.6 Å². The van der Waals surface area contributed by atoms with E-state index >= 15 is 0 Å². The van der Waals surface area contributed by atoms with Gasteiger partial charge in [0.1, 0.15) is 11.4 Å². The maximum Gasteiger partial charge on any atom is 0.410 e. The molecule has 0 radical (unpaired) electrons. The van der Waals surface area contributed by atoms with Gasteiger partial charge in [-0.15, -0.1) is 0 Å². The molecular weight excluding hydrogens is 418 g/mol. The van der Waals surface area contributed by atoms with Crippen LogP contribution < -0.4 is 9.64 Å². The molecule has 0 aromatic heterocycles. The summed E-state index contributed by atoms with van der Waals surface area (Å²) in [5.74, 6) is 0.450. The number of nitro groups is 1. The molecule has 148 valence electrons. The molecule has 1 aromatic rings. The Kier molecular flexibility index (Phi) is 5.00. The molecule has 1 amide bonds. The summed E-state index contributed by atoms with van der Waals surface area (Å²) >= 11 is 3.28. The van der Waals surface area contributed by atoms with Crippen LogP contribution in [0.1, 0.15) is 33.6 Å². The number of anilines is 1. The topological polar surface area (TPSA) is 85.2 Å². The Morgan fingerprint density at radius 2 is 1.96 bits per heavy atom. The number of halogens is 1. The van der Waals surface area contributed by atoms with E-state index in [1.54, 1.807) is 6.07 Å². The molecule has 0 atom stereocenters. The Balaban J connectivity index is 1.83. The molecule has 2 aliphatic rings. The van der Waals surface area contributed by atoms with Crippen LogP contribution in [0.2, 0.25) is 0 Å². The summed E-state index contributed by atoms with van der Waals surface area (Å²) in [5.41, 5.74) is -0.0226. The first-order valence-electron chi connectivity index (χ1n) is 8.84. The normalized spacial score (nSPS) is 18.4. The Hall–Kier alpha value is -2.03. The van der Waals surface area contributed by atoms with Crippen molar-refractivity contribution in [3.8, 4) is 5.75 Å². The van der Waals surface area contributed by atoms with E-state index in [4.69, 9.17) is 9.47 Å². The Morgan fingerprint density at radius 1 is 1.30 bits per heavy atom. The molecular formula is C18H24BrN3O5. The molecule has 1 spiro atoms. The first-order chi connectivity index (χ1) is 12.6. The van der Waals surface area contributed by atoms with Crippen molar-refractivity contribution in [3.63, 3.8) is 0 Å². The summed E-state index contributed by atoms with van der Waals surface area (Å²) < 4.78 is 11.4. The van der Waals surface area contributed by atoms with Crippen molar-refractivity contribution in [2.75, 3.05) is 31.6 Å². The van der Waals surface area contributed by atoms with Gasteiger partial charge < -0.3 is 14.4 Å². The van der Waals surface area contributed by atoms with Crippen molar-refractivity contribution in [1.29, 1.82) is 0 Å². The van der Waals surface area contributed by atoms with Gasteiger partial charge in [0.25, 0.3) is 5.69 Å². The van der Waals surface area contributed by atoms with Gasteiger partial charge in [-0.2, -0.15) is 0 Å². The summed E-state index contributed by atoms with van der Waals surface area (Å²) in [6.45, 7) is 7.36.